The van der Waals surface area contributed by atoms with E-state index in [1.165, 1.54) is 0 Å². The number of carbonyl (C=O) groups excluding carboxylic acids is 3. The Hall–Kier alpha value is -4.24. The molecule has 1 saturated heterocycles. The molecule has 214 valence electrons. The first kappa shape index (κ1) is 28.3. The quantitative estimate of drug-likeness (QED) is 0.317. The number of aromatic amines is 2. The minimum Gasteiger partial charge on any atom is -0.354 e. The molecule has 2 aromatic heterocycles. The minimum atomic E-state index is -0.0597. The van der Waals surface area contributed by atoms with E-state index in [1.54, 1.807) is 23.1 Å². The van der Waals surface area contributed by atoms with Crippen LogP contribution in [0.4, 0.5) is 0 Å². The Morgan fingerprint density at radius 1 is 0.927 bits per heavy atom. The molecule has 0 atom stereocenters. The molecule has 0 bridgehead atoms. The van der Waals surface area contributed by atoms with Crippen LogP contribution in [0.3, 0.4) is 0 Å². The van der Waals surface area contributed by atoms with Gasteiger partial charge < -0.3 is 24.7 Å². The van der Waals surface area contributed by atoms with Crippen LogP contribution in [0.2, 0.25) is 0 Å². The van der Waals surface area contributed by atoms with Crippen molar-refractivity contribution < 1.29 is 14.4 Å². The topological polar surface area (TPSA) is 105 Å². The molecule has 9 nitrogen and oxygen atoms in total. The lowest BCUT2D eigenvalue weighted by Crippen LogP contribution is -2.44. The van der Waals surface area contributed by atoms with Crippen molar-refractivity contribution in [3.63, 3.8) is 0 Å². The molecule has 4 aromatic rings. The van der Waals surface area contributed by atoms with E-state index in [-0.39, 0.29) is 23.5 Å². The summed E-state index contributed by atoms with van der Waals surface area (Å²) < 4.78 is 0. The van der Waals surface area contributed by atoms with Crippen molar-refractivity contribution in [1.29, 1.82) is 0 Å². The van der Waals surface area contributed by atoms with Crippen LogP contribution in [-0.2, 0) is 4.79 Å². The maximum absolute atomic E-state index is 13.6. The molecular weight excluding hydrogens is 516 g/mol. The van der Waals surface area contributed by atoms with Crippen molar-refractivity contribution >= 4 is 28.6 Å². The molecule has 0 spiro atoms. The molecule has 1 fully saturated rings. The van der Waals surface area contributed by atoms with Gasteiger partial charge in [0.25, 0.3) is 5.91 Å². The van der Waals surface area contributed by atoms with E-state index >= 15 is 0 Å². The Bertz CT molecular complexity index is 1580. The molecule has 41 heavy (non-hydrogen) atoms. The number of piperidine rings is 1. The number of imidazole rings is 1. The Labute approximate surface area is 240 Å². The first-order chi connectivity index (χ1) is 19.6. The number of nitrogens with one attached hydrogen (secondary N) is 2. The van der Waals surface area contributed by atoms with E-state index in [0.29, 0.717) is 55.1 Å². The number of benzene rings is 2. The van der Waals surface area contributed by atoms with Crippen LogP contribution < -0.4 is 0 Å². The van der Waals surface area contributed by atoms with Crippen molar-refractivity contribution in [3.05, 3.63) is 76.6 Å². The van der Waals surface area contributed by atoms with E-state index in [4.69, 9.17) is 4.98 Å². The van der Waals surface area contributed by atoms with Crippen LogP contribution in [0.25, 0.3) is 22.4 Å². The van der Waals surface area contributed by atoms with E-state index in [2.05, 4.69) is 14.9 Å². The highest BCUT2D eigenvalue weighted by molar-refractivity contribution is 6.10. The number of aromatic nitrogens is 3. The second kappa shape index (κ2) is 11.7. The number of rotatable bonds is 8. The summed E-state index contributed by atoms with van der Waals surface area (Å²) in [5.41, 5.74) is 5.81. The number of nitrogens with zero attached hydrogens (tertiary/aromatic N) is 4. The third kappa shape index (κ3) is 5.81. The van der Waals surface area contributed by atoms with E-state index in [0.717, 1.165) is 34.4 Å². The van der Waals surface area contributed by atoms with E-state index < -0.39 is 0 Å². The van der Waals surface area contributed by atoms with Gasteiger partial charge in [-0.1, -0.05) is 30.3 Å². The molecule has 3 heterocycles. The highest BCUT2D eigenvalue weighted by Gasteiger charge is 2.31. The van der Waals surface area contributed by atoms with Crippen molar-refractivity contribution in [3.8, 4) is 11.4 Å². The van der Waals surface area contributed by atoms with Gasteiger partial charge in [0.2, 0.25) is 5.91 Å². The smallest absolute Gasteiger partial charge is 0.270 e. The summed E-state index contributed by atoms with van der Waals surface area (Å²) >= 11 is 0. The lowest BCUT2D eigenvalue weighted by atomic mass is 9.95. The number of ketones is 1. The molecule has 2 N–H and O–H groups in total. The molecule has 1 aliphatic rings. The zero-order chi connectivity index (χ0) is 29.3. The Morgan fingerprint density at radius 2 is 1.63 bits per heavy atom. The number of aryl methyl sites for hydroxylation is 1. The van der Waals surface area contributed by atoms with Gasteiger partial charge in [-0.05, 0) is 64.5 Å². The maximum atomic E-state index is 13.6. The van der Waals surface area contributed by atoms with Gasteiger partial charge in [0, 0.05) is 61.5 Å². The maximum Gasteiger partial charge on any atom is 0.270 e. The normalized spacial score (nSPS) is 14.1. The van der Waals surface area contributed by atoms with Gasteiger partial charge in [-0.25, -0.2) is 4.98 Å². The van der Waals surface area contributed by atoms with Gasteiger partial charge in [-0.3, -0.25) is 14.4 Å². The van der Waals surface area contributed by atoms with Crippen molar-refractivity contribution in [2.24, 2.45) is 5.92 Å². The lowest BCUT2D eigenvalue weighted by Gasteiger charge is -2.33. The van der Waals surface area contributed by atoms with Crippen LogP contribution in [0, 0.1) is 19.8 Å². The first-order valence-electron chi connectivity index (χ1n) is 14.1. The molecule has 5 rings (SSSR count). The number of hydrogen-bond donors (Lipinski definition) is 2. The standard InChI is InChI=1S/C32H38N6O3/c1-20-27(30-34-25-12-11-24(19-26(25)35-30)29(39)22-9-7-6-8-10-22)21(2)33-28(20)32(41)38-15-13-23(14-16-38)31(40)37(5)18-17-36(3)4/h6-12,19,23,33H,13-18H2,1-5H3,(H,34,35). The van der Waals surface area contributed by atoms with E-state index in [1.807, 2.05) is 70.2 Å². The molecule has 2 aromatic carbocycles. The molecular formula is C32H38N6O3. The number of likely N-dealkylation sites (N-methyl/N-ethyl adjacent to an activating group) is 2. The van der Waals surface area contributed by atoms with Crippen LogP contribution in [0.15, 0.2) is 48.5 Å². The Kier molecular flexibility index (Phi) is 8.08. The molecule has 0 radical (unpaired) electrons. The summed E-state index contributed by atoms with van der Waals surface area (Å²) in [6.07, 6.45) is 1.33. The monoisotopic (exact) mass is 554 g/mol. The summed E-state index contributed by atoms with van der Waals surface area (Å²) in [6.45, 7) is 6.48. The fourth-order valence-corrected chi connectivity index (χ4v) is 5.60. The van der Waals surface area contributed by atoms with E-state index in [9.17, 15) is 14.4 Å². The number of amides is 2. The van der Waals surface area contributed by atoms with Gasteiger partial charge in [-0.2, -0.15) is 0 Å². The molecule has 0 saturated carbocycles. The Morgan fingerprint density at radius 3 is 2.32 bits per heavy atom. The second-order valence-corrected chi connectivity index (χ2v) is 11.3. The summed E-state index contributed by atoms with van der Waals surface area (Å²) in [5.74, 6) is 0.653. The third-order valence-electron chi connectivity index (χ3n) is 8.06. The summed E-state index contributed by atoms with van der Waals surface area (Å²) in [4.78, 5) is 56.5. The SMILES string of the molecule is Cc1[nH]c(C(=O)N2CCC(C(=O)N(C)CCN(C)C)CC2)c(C)c1-c1nc2ccc(C(=O)c3ccccc3)cc2[nH]1. The number of hydrogen-bond acceptors (Lipinski definition) is 5. The van der Waals surface area contributed by atoms with Crippen molar-refractivity contribution in [2.75, 3.05) is 47.3 Å². The minimum absolute atomic E-state index is 0.0452. The average molecular weight is 555 g/mol. The predicted molar refractivity (Wildman–Crippen MR) is 160 cm³/mol. The van der Waals surface area contributed by atoms with Crippen LogP contribution >= 0.6 is 0 Å². The molecule has 9 heteroatoms. The number of carbonyl (C=O) groups is 3. The van der Waals surface area contributed by atoms with Crippen molar-refractivity contribution in [1.82, 2.24) is 29.7 Å². The van der Waals surface area contributed by atoms with Crippen molar-refractivity contribution in [2.45, 2.75) is 26.7 Å². The van der Waals surface area contributed by atoms with Crippen LogP contribution in [0.5, 0.6) is 0 Å². The Balaban J connectivity index is 1.30. The second-order valence-electron chi connectivity index (χ2n) is 11.3. The zero-order valence-corrected chi connectivity index (χ0v) is 24.5. The summed E-state index contributed by atoms with van der Waals surface area (Å²) in [7, 11) is 5.85. The molecule has 2 amide bonds. The average Bonchev–Trinajstić information content (AvgIpc) is 3.53. The number of fused-ring (bicyclic) bond motifs is 1. The fraction of sp³-hybridized carbons (Fsp3) is 0.375. The third-order valence-corrected chi connectivity index (χ3v) is 8.06. The molecule has 1 aliphatic heterocycles. The highest BCUT2D eigenvalue weighted by atomic mass is 16.2. The summed E-state index contributed by atoms with van der Waals surface area (Å²) in [6, 6.07) is 14.7. The fourth-order valence-electron chi connectivity index (χ4n) is 5.60. The van der Waals surface area contributed by atoms with Gasteiger partial charge in [0.15, 0.2) is 5.78 Å². The number of H-pyrrole nitrogens is 2. The zero-order valence-electron chi connectivity index (χ0n) is 24.5. The first-order valence-corrected chi connectivity index (χ1v) is 14.1. The lowest BCUT2D eigenvalue weighted by molar-refractivity contribution is -0.135. The van der Waals surface area contributed by atoms with Gasteiger partial charge >= 0.3 is 0 Å². The van der Waals surface area contributed by atoms with Gasteiger partial charge in [0.05, 0.1) is 11.0 Å². The van der Waals surface area contributed by atoms with Crippen LogP contribution in [-0.4, -0.2) is 94.6 Å². The number of likely N-dealkylation sites (tertiary alicyclic amines) is 1. The van der Waals surface area contributed by atoms with Crippen LogP contribution in [0.1, 0.15) is 50.5 Å². The highest BCUT2D eigenvalue weighted by Crippen LogP contribution is 2.31. The largest absolute Gasteiger partial charge is 0.354 e. The predicted octanol–water partition coefficient (Wildman–Crippen LogP) is 4.28. The van der Waals surface area contributed by atoms with Gasteiger partial charge in [-0.15, -0.1) is 0 Å². The van der Waals surface area contributed by atoms with Gasteiger partial charge in [0.1, 0.15) is 11.5 Å². The molecule has 0 unspecified atom stereocenters. The molecule has 0 aliphatic carbocycles. The summed E-state index contributed by atoms with van der Waals surface area (Å²) in [5, 5.41) is 0.